The first-order valence-corrected chi connectivity index (χ1v) is 13.1. The van der Waals surface area contributed by atoms with Crippen LogP contribution in [0, 0.1) is 0 Å². The summed E-state index contributed by atoms with van der Waals surface area (Å²) in [5.74, 6) is 0.829. The zero-order chi connectivity index (χ0) is 23.2. The molecule has 0 aromatic heterocycles. The maximum absolute atomic E-state index is 2.44. The van der Waals surface area contributed by atoms with Crippen LogP contribution in [0.4, 0.5) is 0 Å². The second kappa shape index (κ2) is 8.24. The fraction of sp³-hybridized carbons (Fsp3) is 0.200. The number of aryl methyl sites for hydroxylation is 1. The van der Waals surface area contributed by atoms with Gasteiger partial charge in [0.2, 0.25) is 0 Å². The van der Waals surface area contributed by atoms with Crippen molar-refractivity contribution in [2.24, 2.45) is 0 Å². The van der Waals surface area contributed by atoms with Crippen LogP contribution in [0.1, 0.15) is 58.1 Å². The molecule has 0 radical (unpaired) electrons. The third kappa shape index (κ3) is 3.06. The van der Waals surface area contributed by atoms with E-state index in [-0.39, 0.29) is 5.41 Å². The van der Waals surface area contributed by atoms with Crippen molar-refractivity contribution in [1.29, 1.82) is 0 Å². The second-order valence-electron chi connectivity index (χ2n) is 10.4. The predicted molar refractivity (Wildman–Crippen MR) is 146 cm³/mol. The highest BCUT2D eigenvalue weighted by molar-refractivity contribution is 5.88. The van der Waals surface area contributed by atoms with Crippen molar-refractivity contribution in [2.75, 3.05) is 0 Å². The number of hydrogen-bond acceptors (Lipinski definition) is 0. The van der Waals surface area contributed by atoms with Gasteiger partial charge < -0.3 is 0 Å². The van der Waals surface area contributed by atoms with E-state index in [9.17, 15) is 0 Å². The Balaban J connectivity index is 1.63. The lowest BCUT2D eigenvalue weighted by Crippen LogP contribution is -2.40. The minimum atomic E-state index is -0.116. The highest BCUT2D eigenvalue weighted by atomic mass is 14.6. The van der Waals surface area contributed by atoms with Gasteiger partial charge in [0.15, 0.2) is 0 Å². The predicted octanol–water partition coefficient (Wildman–Crippen LogP) is 8.59. The van der Waals surface area contributed by atoms with Crippen LogP contribution in [-0.4, -0.2) is 0 Å². The van der Waals surface area contributed by atoms with Crippen molar-refractivity contribution in [1.82, 2.24) is 0 Å². The molecular formula is C35H30. The van der Waals surface area contributed by atoms with Crippen molar-refractivity contribution in [3.8, 4) is 0 Å². The van der Waals surface area contributed by atoms with Gasteiger partial charge in [0.05, 0.1) is 0 Å². The molecular weight excluding hydrogens is 420 g/mol. The molecule has 0 aliphatic heterocycles. The molecule has 2 aliphatic carbocycles. The van der Waals surface area contributed by atoms with Crippen LogP contribution >= 0.6 is 0 Å². The van der Waals surface area contributed by atoms with Gasteiger partial charge in [0, 0.05) is 11.3 Å². The summed E-state index contributed by atoms with van der Waals surface area (Å²) in [5.41, 5.74) is 8.99. The molecule has 2 aliphatic rings. The molecule has 170 valence electrons. The quantitative estimate of drug-likeness (QED) is 0.258. The molecule has 3 unspecified atom stereocenters. The Bertz CT molecular complexity index is 1510. The Labute approximate surface area is 208 Å². The standard InChI is InChI=1S/C35H30/c1-2-14-27(15-3-1)34-24-28-16-6-9-21-31(28)35(34,32-22-10-17-25-12-4-7-19-29(25)32)33-23-11-18-26-13-5-8-20-30(26)33/h1-10,12-17,19-22,33-34H,11,18,23-24H2. The van der Waals surface area contributed by atoms with Gasteiger partial charge in [-0.05, 0) is 75.8 Å². The van der Waals surface area contributed by atoms with E-state index in [1.165, 1.54) is 52.3 Å². The highest BCUT2D eigenvalue weighted by Crippen LogP contribution is 2.62. The molecule has 0 saturated heterocycles. The van der Waals surface area contributed by atoms with Crippen LogP contribution in [0.25, 0.3) is 10.8 Å². The van der Waals surface area contributed by atoms with Gasteiger partial charge in [-0.2, -0.15) is 0 Å². The van der Waals surface area contributed by atoms with Gasteiger partial charge in [-0.3, -0.25) is 0 Å². The molecule has 0 saturated carbocycles. The first kappa shape index (κ1) is 20.7. The van der Waals surface area contributed by atoms with Crippen molar-refractivity contribution >= 4 is 10.8 Å². The van der Waals surface area contributed by atoms with Gasteiger partial charge in [-0.1, -0.05) is 121 Å². The summed E-state index contributed by atoms with van der Waals surface area (Å²) >= 11 is 0. The molecule has 0 N–H and O–H groups in total. The van der Waals surface area contributed by atoms with E-state index in [0.717, 1.165) is 6.42 Å². The highest BCUT2D eigenvalue weighted by Gasteiger charge is 2.54. The molecule has 0 amide bonds. The van der Waals surface area contributed by atoms with Crippen molar-refractivity contribution in [2.45, 2.75) is 42.9 Å². The van der Waals surface area contributed by atoms with Crippen LogP contribution in [0.2, 0.25) is 0 Å². The normalized spacial score (nSPS) is 23.1. The van der Waals surface area contributed by atoms with Crippen LogP contribution in [0.3, 0.4) is 0 Å². The average molecular weight is 451 g/mol. The average Bonchev–Trinajstić information content (AvgIpc) is 3.29. The summed E-state index contributed by atoms with van der Waals surface area (Å²) in [5, 5.41) is 2.74. The lowest BCUT2D eigenvalue weighted by Gasteiger charge is -2.47. The summed E-state index contributed by atoms with van der Waals surface area (Å²) in [6.45, 7) is 0. The molecule has 0 fully saturated rings. The second-order valence-corrected chi connectivity index (χ2v) is 10.4. The monoisotopic (exact) mass is 450 g/mol. The molecule has 0 bridgehead atoms. The Morgan fingerprint density at radius 1 is 0.543 bits per heavy atom. The van der Waals surface area contributed by atoms with E-state index in [2.05, 4.69) is 121 Å². The number of hydrogen-bond donors (Lipinski definition) is 0. The van der Waals surface area contributed by atoms with Crippen LogP contribution in [-0.2, 0) is 18.3 Å². The SMILES string of the molecule is c1ccc(C2Cc3ccccc3C2(c2cccc3ccccc23)C2CCCc3ccccc32)cc1. The fourth-order valence-corrected chi connectivity index (χ4v) is 7.50. The lowest BCUT2D eigenvalue weighted by molar-refractivity contribution is 0.329. The maximum atomic E-state index is 2.44. The van der Waals surface area contributed by atoms with Crippen molar-refractivity contribution in [3.63, 3.8) is 0 Å². The van der Waals surface area contributed by atoms with E-state index in [4.69, 9.17) is 0 Å². The number of rotatable bonds is 3. The Morgan fingerprint density at radius 3 is 2.14 bits per heavy atom. The summed E-state index contributed by atoms with van der Waals surface area (Å²) in [4.78, 5) is 0. The third-order valence-electron chi connectivity index (χ3n) is 8.79. The molecule has 0 spiro atoms. The van der Waals surface area contributed by atoms with Crippen molar-refractivity contribution < 1.29 is 0 Å². The minimum absolute atomic E-state index is 0.116. The van der Waals surface area contributed by atoms with Crippen LogP contribution in [0.15, 0.2) is 121 Å². The summed E-state index contributed by atoms with van der Waals surface area (Å²) in [7, 11) is 0. The maximum Gasteiger partial charge on any atom is 0.0351 e. The van der Waals surface area contributed by atoms with Crippen LogP contribution in [0.5, 0.6) is 0 Å². The summed E-state index contributed by atoms with van der Waals surface area (Å²) in [6, 6.07) is 46.0. The van der Waals surface area contributed by atoms with E-state index in [1.54, 1.807) is 11.1 Å². The molecule has 7 rings (SSSR count). The van der Waals surface area contributed by atoms with E-state index < -0.39 is 0 Å². The van der Waals surface area contributed by atoms with Gasteiger partial charge in [-0.25, -0.2) is 0 Å². The van der Waals surface area contributed by atoms with E-state index in [0.29, 0.717) is 11.8 Å². The number of benzene rings is 5. The lowest BCUT2D eigenvalue weighted by atomic mass is 9.55. The largest absolute Gasteiger partial charge is 0.0622 e. The smallest absolute Gasteiger partial charge is 0.0351 e. The Hall–Kier alpha value is -3.64. The first-order chi connectivity index (χ1) is 17.4. The topological polar surface area (TPSA) is 0 Å². The molecule has 35 heavy (non-hydrogen) atoms. The molecule has 3 atom stereocenters. The summed E-state index contributed by atoms with van der Waals surface area (Å²) < 4.78 is 0. The Morgan fingerprint density at radius 2 is 1.23 bits per heavy atom. The molecule has 0 heterocycles. The van der Waals surface area contributed by atoms with Gasteiger partial charge in [0.25, 0.3) is 0 Å². The van der Waals surface area contributed by atoms with Crippen LogP contribution < -0.4 is 0 Å². The first-order valence-electron chi connectivity index (χ1n) is 13.1. The van der Waals surface area contributed by atoms with Gasteiger partial charge >= 0.3 is 0 Å². The fourth-order valence-electron chi connectivity index (χ4n) is 7.50. The van der Waals surface area contributed by atoms with E-state index in [1.807, 2.05) is 0 Å². The molecule has 5 aromatic carbocycles. The summed E-state index contributed by atoms with van der Waals surface area (Å²) in [6.07, 6.45) is 4.74. The molecule has 0 nitrogen and oxygen atoms in total. The van der Waals surface area contributed by atoms with Crippen molar-refractivity contribution in [3.05, 3.63) is 155 Å². The Kier molecular flexibility index (Phi) is 4.87. The van der Waals surface area contributed by atoms with Gasteiger partial charge in [-0.15, -0.1) is 0 Å². The van der Waals surface area contributed by atoms with Gasteiger partial charge in [0.1, 0.15) is 0 Å². The van der Waals surface area contributed by atoms with E-state index >= 15 is 0 Å². The number of fused-ring (bicyclic) bond motifs is 3. The zero-order valence-electron chi connectivity index (χ0n) is 20.0. The zero-order valence-corrected chi connectivity index (χ0v) is 20.0. The molecule has 5 aromatic rings. The molecule has 0 heteroatoms. The third-order valence-corrected chi connectivity index (χ3v) is 8.79. The minimum Gasteiger partial charge on any atom is -0.0622 e.